The van der Waals surface area contributed by atoms with Gasteiger partial charge in [0.15, 0.2) is 11.6 Å². The third-order valence-corrected chi connectivity index (χ3v) is 2.44. The van der Waals surface area contributed by atoms with E-state index < -0.39 is 35.9 Å². The predicted molar refractivity (Wildman–Crippen MR) is 59.6 cm³/mol. The number of alkyl halides is 3. The molecule has 9 heteroatoms. The summed E-state index contributed by atoms with van der Waals surface area (Å²) in [6.07, 6.45) is -5.70. The lowest BCUT2D eigenvalue weighted by molar-refractivity contribution is -0.275. The molecule has 0 radical (unpaired) electrons. The predicted octanol–water partition coefficient (Wildman–Crippen LogP) is 3.34. The molecule has 0 aliphatic heterocycles. The molecule has 0 atom stereocenters. The maximum Gasteiger partial charge on any atom is 0.573 e. The topological polar surface area (TPSA) is 62.1 Å². The number of nitrogens with one attached hydrogen (secondary N) is 1. The number of anilines is 1. The normalized spacial score (nSPS) is 10.7. The van der Waals surface area contributed by atoms with E-state index in [9.17, 15) is 22.4 Å². The molecular formula is C10H5BrF4N2O2. The first kappa shape index (κ1) is 15.2. The molecule has 1 rings (SSSR count). The first-order valence-corrected chi connectivity index (χ1v) is 5.44. The molecule has 0 aliphatic carbocycles. The molecule has 19 heavy (non-hydrogen) atoms. The van der Waals surface area contributed by atoms with E-state index in [1.54, 1.807) is 0 Å². The highest BCUT2D eigenvalue weighted by Crippen LogP contribution is 2.38. The Balaban J connectivity index is 3.17. The summed E-state index contributed by atoms with van der Waals surface area (Å²) in [6.45, 7) is 0. The van der Waals surface area contributed by atoms with Crippen molar-refractivity contribution in [1.82, 2.24) is 0 Å². The fourth-order valence-corrected chi connectivity index (χ4v) is 1.53. The third-order valence-electron chi connectivity index (χ3n) is 1.78. The van der Waals surface area contributed by atoms with Crippen molar-refractivity contribution in [2.45, 2.75) is 12.8 Å². The quantitative estimate of drug-likeness (QED) is 0.858. The van der Waals surface area contributed by atoms with E-state index >= 15 is 0 Å². The maximum absolute atomic E-state index is 13.3. The van der Waals surface area contributed by atoms with Crippen LogP contribution in [0.5, 0.6) is 5.75 Å². The van der Waals surface area contributed by atoms with Gasteiger partial charge in [0.2, 0.25) is 5.91 Å². The Morgan fingerprint density at radius 3 is 2.63 bits per heavy atom. The highest BCUT2D eigenvalue weighted by Gasteiger charge is 2.34. The van der Waals surface area contributed by atoms with E-state index in [1.807, 2.05) is 5.32 Å². The molecule has 0 unspecified atom stereocenters. The first-order valence-electron chi connectivity index (χ1n) is 4.65. The molecule has 0 saturated heterocycles. The Kier molecular flexibility index (Phi) is 4.72. The molecule has 1 N–H and O–H groups in total. The molecule has 1 amide bonds. The SMILES string of the molecule is N#CCC(=O)Nc1c(Br)ccc(F)c1OC(F)(F)F. The zero-order valence-electron chi connectivity index (χ0n) is 9.02. The molecule has 1 aromatic rings. The van der Waals surface area contributed by atoms with Gasteiger partial charge in [0, 0.05) is 4.47 Å². The van der Waals surface area contributed by atoms with E-state index in [2.05, 4.69) is 20.7 Å². The van der Waals surface area contributed by atoms with Crippen LogP contribution in [-0.2, 0) is 4.79 Å². The summed E-state index contributed by atoms with van der Waals surface area (Å²) in [7, 11) is 0. The van der Waals surface area contributed by atoms with Crippen molar-refractivity contribution in [3.8, 4) is 11.8 Å². The highest BCUT2D eigenvalue weighted by atomic mass is 79.9. The standard InChI is InChI=1S/C10H5BrF4N2O2/c11-5-1-2-6(12)9(19-10(13,14)15)8(5)17-7(18)3-4-16/h1-2H,3H2,(H,17,18). The van der Waals surface area contributed by atoms with Gasteiger partial charge in [-0.2, -0.15) is 5.26 Å². The van der Waals surface area contributed by atoms with Crippen LogP contribution in [0.4, 0.5) is 23.2 Å². The van der Waals surface area contributed by atoms with Gasteiger partial charge in [0.25, 0.3) is 0 Å². The van der Waals surface area contributed by atoms with E-state index in [0.29, 0.717) is 0 Å². The van der Waals surface area contributed by atoms with E-state index in [-0.39, 0.29) is 4.47 Å². The van der Waals surface area contributed by atoms with Gasteiger partial charge in [-0.25, -0.2) is 4.39 Å². The van der Waals surface area contributed by atoms with Gasteiger partial charge < -0.3 is 10.1 Å². The van der Waals surface area contributed by atoms with Crippen LogP contribution in [-0.4, -0.2) is 12.3 Å². The summed E-state index contributed by atoms with van der Waals surface area (Å²) >= 11 is 2.86. The minimum absolute atomic E-state index is 0.0144. The van der Waals surface area contributed by atoms with Crippen molar-refractivity contribution in [2.75, 3.05) is 5.32 Å². The average Bonchev–Trinajstić information content (AvgIpc) is 2.27. The number of nitriles is 1. The zero-order valence-corrected chi connectivity index (χ0v) is 10.6. The van der Waals surface area contributed by atoms with Gasteiger partial charge in [0.1, 0.15) is 12.1 Å². The smallest absolute Gasteiger partial charge is 0.400 e. The van der Waals surface area contributed by atoms with E-state index in [1.165, 1.54) is 6.07 Å². The Morgan fingerprint density at radius 2 is 2.11 bits per heavy atom. The summed E-state index contributed by atoms with van der Waals surface area (Å²) in [5.41, 5.74) is -0.530. The highest BCUT2D eigenvalue weighted by molar-refractivity contribution is 9.10. The van der Waals surface area contributed by atoms with Crippen molar-refractivity contribution < 1.29 is 27.1 Å². The minimum Gasteiger partial charge on any atom is -0.400 e. The Bertz CT molecular complexity index is 540. The maximum atomic E-state index is 13.3. The third kappa shape index (κ3) is 4.40. The van der Waals surface area contributed by atoms with Gasteiger partial charge >= 0.3 is 6.36 Å². The lowest BCUT2D eigenvalue weighted by Crippen LogP contribution is -2.20. The number of halogens is 5. The number of amides is 1. The van der Waals surface area contributed by atoms with E-state index in [0.717, 1.165) is 12.1 Å². The molecule has 1 aromatic carbocycles. The largest absolute Gasteiger partial charge is 0.573 e. The molecule has 0 bridgehead atoms. The summed E-state index contributed by atoms with van der Waals surface area (Å²) < 4.78 is 53.3. The van der Waals surface area contributed by atoms with Crippen LogP contribution in [0.25, 0.3) is 0 Å². The van der Waals surface area contributed by atoms with Crippen molar-refractivity contribution in [1.29, 1.82) is 5.26 Å². The number of benzene rings is 1. The number of hydrogen-bond acceptors (Lipinski definition) is 3. The Hall–Kier alpha value is -1.82. The second-order valence-corrected chi connectivity index (χ2v) is 4.02. The van der Waals surface area contributed by atoms with Gasteiger partial charge in [-0.15, -0.1) is 13.2 Å². The van der Waals surface area contributed by atoms with Crippen LogP contribution >= 0.6 is 15.9 Å². The molecule has 4 nitrogen and oxygen atoms in total. The van der Waals surface area contributed by atoms with E-state index in [4.69, 9.17) is 5.26 Å². The molecule has 0 saturated carbocycles. The van der Waals surface area contributed by atoms with Crippen LogP contribution in [0, 0.1) is 17.1 Å². The lowest BCUT2D eigenvalue weighted by Gasteiger charge is -2.15. The van der Waals surface area contributed by atoms with Crippen molar-refractivity contribution in [3.63, 3.8) is 0 Å². The molecule has 0 aliphatic rings. The second-order valence-electron chi connectivity index (χ2n) is 3.16. The molecule has 0 spiro atoms. The van der Waals surface area contributed by atoms with Crippen LogP contribution < -0.4 is 10.1 Å². The Labute approximate surface area is 113 Å². The lowest BCUT2D eigenvalue weighted by atomic mass is 10.2. The molecule has 0 aromatic heterocycles. The summed E-state index contributed by atoms with van der Waals surface area (Å²) in [4.78, 5) is 11.2. The number of ether oxygens (including phenoxy) is 1. The molecule has 0 heterocycles. The summed E-state index contributed by atoms with van der Waals surface area (Å²) in [5.74, 6) is -3.36. The average molecular weight is 341 g/mol. The number of carbonyl (C=O) groups is 1. The van der Waals surface area contributed by atoms with Crippen LogP contribution in [0.3, 0.4) is 0 Å². The number of carbonyl (C=O) groups excluding carboxylic acids is 1. The van der Waals surface area contributed by atoms with Gasteiger partial charge in [0.05, 0.1) is 6.07 Å². The fraction of sp³-hybridized carbons (Fsp3) is 0.200. The zero-order chi connectivity index (χ0) is 14.6. The number of nitrogens with zero attached hydrogens (tertiary/aromatic N) is 1. The van der Waals surface area contributed by atoms with Gasteiger partial charge in [-0.1, -0.05) is 0 Å². The van der Waals surface area contributed by atoms with Crippen molar-refractivity contribution >= 4 is 27.5 Å². The molecule has 0 fully saturated rings. The van der Waals surface area contributed by atoms with Gasteiger partial charge in [-0.05, 0) is 28.1 Å². The fourth-order valence-electron chi connectivity index (χ4n) is 1.12. The number of hydrogen-bond donors (Lipinski definition) is 1. The monoisotopic (exact) mass is 340 g/mol. The van der Waals surface area contributed by atoms with Crippen LogP contribution in [0.2, 0.25) is 0 Å². The van der Waals surface area contributed by atoms with Crippen molar-refractivity contribution in [3.05, 3.63) is 22.4 Å². The Morgan fingerprint density at radius 1 is 1.47 bits per heavy atom. The second kappa shape index (κ2) is 5.88. The summed E-state index contributed by atoms with van der Waals surface area (Å²) in [5, 5.41) is 10.3. The molecule has 102 valence electrons. The van der Waals surface area contributed by atoms with Gasteiger partial charge in [-0.3, -0.25) is 4.79 Å². The number of rotatable bonds is 3. The van der Waals surface area contributed by atoms with Crippen LogP contribution in [0.1, 0.15) is 6.42 Å². The van der Waals surface area contributed by atoms with Crippen molar-refractivity contribution in [2.24, 2.45) is 0 Å². The van der Waals surface area contributed by atoms with Crippen LogP contribution in [0.15, 0.2) is 16.6 Å². The minimum atomic E-state index is -5.11. The summed E-state index contributed by atoms with van der Waals surface area (Å²) in [6, 6.07) is 3.34. The first-order chi connectivity index (χ1) is 8.74. The molecular weight excluding hydrogens is 336 g/mol.